The lowest BCUT2D eigenvalue weighted by Gasteiger charge is -2.45. The average molecular weight is 346 g/mol. The molecule has 0 aromatic carbocycles. The summed E-state index contributed by atoms with van der Waals surface area (Å²) in [6.07, 6.45) is 10.7. The van der Waals surface area contributed by atoms with Crippen LogP contribution < -0.4 is 0 Å². The Balaban J connectivity index is 1.51. The second kappa shape index (κ2) is 6.73. The van der Waals surface area contributed by atoms with E-state index in [1.165, 1.54) is 30.6 Å². The van der Waals surface area contributed by atoms with Gasteiger partial charge in [0, 0.05) is 12.6 Å². The van der Waals surface area contributed by atoms with Crippen LogP contribution in [0.3, 0.4) is 0 Å². The summed E-state index contributed by atoms with van der Waals surface area (Å²) in [5.74, 6) is 0.101. The van der Waals surface area contributed by atoms with Crippen LogP contribution in [-0.4, -0.2) is 46.1 Å². The summed E-state index contributed by atoms with van der Waals surface area (Å²) in [6, 6.07) is -0.307. The van der Waals surface area contributed by atoms with E-state index in [1.54, 1.807) is 6.92 Å². The van der Waals surface area contributed by atoms with Gasteiger partial charge in [-0.3, -0.25) is 19.3 Å². The Hall–Kier alpha value is -1.39. The molecule has 0 aromatic heterocycles. The number of fused-ring (bicyclic) bond motifs is 2. The number of hydrogen-bond donors (Lipinski definition) is 0. The molecule has 2 heterocycles. The third-order valence-electron chi connectivity index (χ3n) is 7.15. The minimum atomic E-state index is -0.633. The normalized spacial score (nSPS) is 36.8. The second-order valence-corrected chi connectivity index (χ2v) is 8.51. The highest BCUT2D eigenvalue weighted by Gasteiger charge is 2.51. The fraction of sp³-hybridized carbons (Fsp3) is 0.850. The van der Waals surface area contributed by atoms with Crippen molar-refractivity contribution in [1.29, 1.82) is 0 Å². The van der Waals surface area contributed by atoms with Crippen LogP contribution in [0, 0.1) is 17.8 Å². The molecule has 2 saturated carbocycles. The zero-order chi connectivity index (χ0) is 17.6. The van der Waals surface area contributed by atoms with E-state index in [1.807, 2.05) is 4.90 Å². The number of nitrogens with zero attached hydrogens (tertiary/aromatic N) is 2. The summed E-state index contributed by atoms with van der Waals surface area (Å²) < 4.78 is 0. The second-order valence-electron chi connectivity index (χ2n) is 8.51. The van der Waals surface area contributed by atoms with Gasteiger partial charge in [-0.05, 0) is 51.4 Å². The molecule has 138 valence electrons. The van der Waals surface area contributed by atoms with Crippen molar-refractivity contribution in [2.45, 2.75) is 83.2 Å². The Morgan fingerprint density at radius 1 is 0.880 bits per heavy atom. The molecule has 4 aliphatic rings. The summed E-state index contributed by atoms with van der Waals surface area (Å²) in [5, 5.41) is 0. The van der Waals surface area contributed by atoms with Crippen LogP contribution >= 0.6 is 0 Å². The highest BCUT2D eigenvalue weighted by molar-refractivity contribution is 6.08. The quantitative estimate of drug-likeness (QED) is 0.723. The minimum absolute atomic E-state index is 0.00283. The van der Waals surface area contributed by atoms with Crippen molar-refractivity contribution in [2.75, 3.05) is 6.54 Å². The monoisotopic (exact) mass is 346 g/mol. The first-order valence-electron chi connectivity index (χ1n) is 10.3. The van der Waals surface area contributed by atoms with Crippen LogP contribution in [0.1, 0.15) is 71.1 Å². The molecule has 2 aliphatic carbocycles. The molecule has 5 atom stereocenters. The van der Waals surface area contributed by atoms with Gasteiger partial charge >= 0.3 is 0 Å². The van der Waals surface area contributed by atoms with E-state index in [4.69, 9.17) is 0 Å². The first-order valence-corrected chi connectivity index (χ1v) is 10.3. The zero-order valence-corrected chi connectivity index (χ0v) is 15.3. The number of hydrogen-bond acceptors (Lipinski definition) is 3. The maximum atomic E-state index is 13.2. The summed E-state index contributed by atoms with van der Waals surface area (Å²) in [7, 11) is 0. The molecule has 0 spiro atoms. The van der Waals surface area contributed by atoms with Crippen molar-refractivity contribution in [2.24, 2.45) is 17.8 Å². The molecule has 0 bridgehead atoms. The first-order chi connectivity index (χ1) is 12.1. The van der Waals surface area contributed by atoms with Gasteiger partial charge in [0.15, 0.2) is 0 Å². The van der Waals surface area contributed by atoms with Crippen LogP contribution in [0.25, 0.3) is 0 Å². The highest BCUT2D eigenvalue weighted by atomic mass is 16.2. The van der Waals surface area contributed by atoms with Gasteiger partial charge in [0.25, 0.3) is 0 Å². The Kier molecular flexibility index (Phi) is 4.59. The molecule has 0 N–H and O–H groups in total. The first kappa shape index (κ1) is 17.0. The smallest absolute Gasteiger partial charge is 0.245 e. The topological polar surface area (TPSA) is 57.7 Å². The SMILES string of the molecule is C[C@H](C(=O)N1CCC[C@@H]2CCCC[C@H]21)N1C(=O)[C@H]2CCCC[C@H]2C1=O. The van der Waals surface area contributed by atoms with Gasteiger partial charge in [-0.15, -0.1) is 0 Å². The Morgan fingerprint density at radius 3 is 2.12 bits per heavy atom. The van der Waals surface area contributed by atoms with Crippen LogP contribution in [0.5, 0.6) is 0 Å². The third-order valence-corrected chi connectivity index (χ3v) is 7.15. The molecular weight excluding hydrogens is 316 g/mol. The van der Waals surface area contributed by atoms with E-state index in [2.05, 4.69) is 0 Å². The van der Waals surface area contributed by atoms with Crippen molar-refractivity contribution in [3.05, 3.63) is 0 Å². The number of imide groups is 1. The molecule has 5 heteroatoms. The Bertz CT molecular complexity index is 549. The molecule has 0 radical (unpaired) electrons. The molecule has 4 fully saturated rings. The summed E-state index contributed by atoms with van der Waals surface area (Å²) in [5.41, 5.74) is 0. The molecule has 0 unspecified atom stereocenters. The maximum absolute atomic E-state index is 13.2. The van der Waals surface area contributed by atoms with Crippen molar-refractivity contribution in [3.63, 3.8) is 0 Å². The molecular formula is C20H30N2O3. The van der Waals surface area contributed by atoms with Crippen molar-refractivity contribution in [3.8, 4) is 0 Å². The average Bonchev–Trinajstić information content (AvgIpc) is 2.91. The predicted octanol–water partition coefficient (Wildman–Crippen LogP) is 2.73. The van der Waals surface area contributed by atoms with E-state index in [0.717, 1.165) is 45.1 Å². The third kappa shape index (κ3) is 2.80. The molecule has 25 heavy (non-hydrogen) atoms. The molecule has 4 rings (SSSR count). The number of carbonyl (C=O) groups excluding carboxylic acids is 3. The number of carbonyl (C=O) groups is 3. The minimum Gasteiger partial charge on any atom is -0.338 e. The fourth-order valence-corrected chi connectivity index (χ4v) is 5.82. The van der Waals surface area contributed by atoms with Gasteiger partial charge in [0.05, 0.1) is 11.8 Å². The van der Waals surface area contributed by atoms with E-state index in [-0.39, 0.29) is 29.6 Å². The van der Waals surface area contributed by atoms with Gasteiger partial charge < -0.3 is 4.90 Å². The number of piperidine rings is 1. The predicted molar refractivity (Wildman–Crippen MR) is 93.5 cm³/mol. The van der Waals surface area contributed by atoms with Crippen LogP contribution in [0.15, 0.2) is 0 Å². The van der Waals surface area contributed by atoms with E-state index in [0.29, 0.717) is 12.0 Å². The van der Waals surface area contributed by atoms with E-state index < -0.39 is 6.04 Å². The molecule has 3 amide bonds. The van der Waals surface area contributed by atoms with Crippen LogP contribution in [0.2, 0.25) is 0 Å². The molecule has 5 nitrogen and oxygen atoms in total. The van der Waals surface area contributed by atoms with Gasteiger partial charge in [0.1, 0.15) is 6.04 Å². The lowest BCUT2D eigenvalue weighted by atomic mass is 9.78. The van der Waals surface area contributed by atoms with Crippen molar-refractivity contribution < 1.29 is 14.4 Å². The zero-order valence-electron chi connectivity index (χ0n) is 15.3. The molecule has 0 aromatic rings. The van der Waals surface area contributed by atoms with Gasteiger partial charge in [0.2, 0.25) is 17.7 Å². The fourth-order valence-electron chi connectivity index (χ4n) is 5.82. The van der Waals surface area contributed by atoms with Crippen LogP contribution in [-0.2, 0) is 14.4 Å². The summed E-state index contributed by atoms with van der Waals surface area (Å²) in [6.45, 7) is 2.55. The largest absolute Gasteiger partial charge is 0.338 e. The highest BCUT2D eigenvalue weighted by Crippen LogP contribution is 2.40. The lowest BCUT2D eigenvalue weighted by Crippen LogP contribution is -2.56. The summed E-state index contributed by atoms with van der Waals surface area (Å²) in [4.78, 5) is 42.2. The van der Waals surface area contributed by atoms with E-state index >= 15 is 0 Å². The van der Waals surface area contributed by atoms with Crippen molar-refractivity contribution in [1.82, 2.24) is 9.80 Å². The maximum Gasteiger partial charge on any atom is 0.245 e. The number of amides is 3. The number of likely N-dealkylation sites (tertiary alicyclic amines) is 2. The van der Waals surface area contributed by atoms with E-state index in [9.17, 15) is 14.4 Å². The van der Waals surface area contributed by atoms with Gasteiger partial charge in [-0.25, -0.2) is 0 Å². The van der Waals surface area contributed by atoms with Crippen LogP contribution in [0.4, 0.5) is 0 Å². The lowest BCUT2D eigenvalue weighted by molar-refractivity contribution is -0.154. The molecule has 2 saturated heterocycles. The Morgan fingerprint density at radius 2 is 1.44 bits per heavy atom. The summed E-state index contributed by atoms with van der Waals surface area (Å²) >= 11 is 0. The number of rotatable bonds is 2. The Labute approximate surface area is 150 Å². The van der Waals surface area contributed by atoms with Gasteiger partial charge in [-0.1, -0.05) is 25.7 Å². The van der Waals surface area contributed by atoms with Crippen molar-refractivity contribution >= 4 is 17.7 Å². The molecule has 2 aliphatic heterocycles. The van der Waals surface area contributed by atoms with Gasteiger partial charge in [-0.2, -0.15) is 0 Å². The standard InChI is InChI=1S/C20H30N2O3/c1-13(22-19(24)15-9-3-4-10-16(15)20(22)25)18(23)21-12-6-8-14-7-2-5-11-17(14)21/h13-17H,2-12H2,1H3/t13-,14+,15-,16+,17-/m1/s1.